The first kappa shape index (κ1) is 14.0. The number of hydrogen-bond donors (Lipinski definition) is 1. The molecule has 1 unspecified atom stereocenters. The van der Waals surface area contributed by atoms with Crippen molar-refractivity contribution in [3.63, 3.8) is 0 Å². The number of benzene rings is 1. The Morgan fingerprint density at radius 2 is 1.95 bits per heavy atom. The maximum absolute atomic E-state index is 4.20. The lowest BCUT2D eigenvalue weighted by Crippen LogP contribution is -2.18. The van der Waals surface area contributed by atoms with E-state index in [-0.39, 0.29) is 0 Å². The van der Waals surface area contributed by atoms with Crippen molar-refractivity contribution in [3.8, 4) is 10.4 Å². The molecule has 0 aliphatic carbocycles. The molecule has 1 N–H and O–H groups in total. The van der Waals surface area contributed by atoms with Gasteiger partial charge in [0.25, 0.3) is 0 Å². The normalized spacial score (nSPS) is 12.2. The fraction of sp³-hybridized carbons (Fsp3) is 0.167. The lowest BCUT2D eigenvalue weighted by atomic mass is 9.99. The largest absolute Gasteiger partial charge is 0.313 e. The second-order valence-corrected chi connectivity index (χ2v) is 5.95. The van der Waals surface area contributed by atoms with Gasteiger partial charge in [0.15, 0.2) is 0 Å². The molecule has 21 heavy (non-hydrogen) atoms. The van der Waals surface area contributed by atoms with E-state index in [0.717, 1.165) is 6.42 Å². The van der Waals surface area contributed by atoms with Crippen LogP contribution in [0.3, 0.4) is 0 Å². The Hall–Kier alpha value is -1.97. The van der Waals surface area contributed by atoms with E-state index in [4.69, 9.17) is 0 Å². The van der Waals surface area contributed by atoms with Crippen LogP contribution in [0.5, 0.6) is 0 Å². The Morgan fingerprint density at radius 3 is 2.57 bits per heavy atom. The predicted molar refractivity (Wildman–Crippen MR) is 89.5 cm³/mol. The van der Waals surface area contributed by atoms with Gasteiger partial charge < -0.3 is 5.32 Å². The van der Waals surface area contributed by atoms with Crippen molar-refractivity contribution in [2.75, 3.05) is 7.05 Å². The molecule has 0 spiro atoms. The monoisotopic (exact) mass is 294 g/mol. The third kappa shape index (κ3) is 3.38. The van der Waals surface area contributed by atoms with Crippen molar-refractivity contribution in [1.29, 1.82) is 0 Å². The number of nitrogens with zero attached hydrogens (tertiary/aromatic N) is 1. The maximum atomic E-state index is 4.20. The van der Waals surface area contributed by atoms with Crippen LogP contribution in [-0.2, 0) is 6.42 Å². The van der Waals surface area contributed by atoms with Crippen LogP contribution in [0.2, 0.25) is 0 Å². The van der Waals surface area contributed by atoms with Crippen LogP contribution < -0.4 is 5.32 Å². The molecule has 3 rings (SSSR count). The topological polar surface area (TPSA) is 24.9 Å². The molecule has 3 heteroatoms. The van der Waals surface area contributed by atoms with E-state index in [2.05, 4.69) is 58.1 Å². The SMILES string of the molecule is CNC(Cc1ccc(-c2cccs2)cc1)c1cccnc1. The first-order valence-electron chi connectivity index (χ1n) is 7.07. The number of likely N-dealkylation sites (N-methyl/N-ethyl adjacent to an activating group) is 1. The van der Waals surface area contributed by atoms with Gasteiger partial charge in [-0.25, -0.2) is 0 Å². The molecule has 0 radical (unpaired) electrons. The summed E-state index contributed by atoms with van der Waals surface area (Å²) in [6.07, 6.45) is 4.71. The molecule has 1 atom stereocenters. The van der Waals surface area contributed by atoms with E-state index < -0.39 is 0 Å². The van der Waals surface area contributed by atoms with E-state index in [9.17, 15) is 0 Å². The standard InChI is InChI=1S/C18H18N2S/c1-19-17(16-4-2-10-20-13-16)12-14-6-8-15(9-7-14)18-5-3-11-21-18/h2-11,13,17,19H,12H2,1H3. The van der Waals surface area contributed by atoms with Crippen LogP contribution in [0.4, 0.5) is 0 Å². The van der Waals surface area contributed by atoms with Gasteiger partial charge in [-0.05, 0) is 47.7 Å². The molecule has 106 valence electrons. The minimum atomic E-state index is 0.297. The van der Waals surface area contributed by atoms with Crippen LogP contribution in [0.15, 0.2) is 66.3 Å². The summed E-state index contributed by atoms with van der Waals surface area (Å²) in [5.41, 5.74) is 3.84. The van der Waals surface area contributed by atoms with Gasteiger partial charge in [-0.2, -0.15) is 0 Å². The van der Waals surface area contributed by atoms with Gasteiger partial charge in [0.1, 0.15) is 0 Å². The first-order chi connectivity index (χ1) is 10.4. The van der Waals surface area contributed by atoms with Gasteiger partial charge in [0, 0.05) is 23.3 Å². The molecule has 1 aromatic carbocycles. The van der Waals surface area contributed by atoms with Crippen LogP contribution >= 0.6 is 11.3 Å². The summed E-state index contributed by atoms with van der Waals surface area (Å²) < 4.78 is 0. The van der Waals surface area contributed by atoms with E-state index in [1.165, 1.54) is 21.6 Å². The average Bonchev–Trinajstić information content (AvgIpc) is 3.08. The van der Waals surface area contributed by atoms with Crippen molar-refractivity contribution >= 4 is 11.3 Å². The maximum Gasteiger partial charge on any atom is 0.0373 e. The average molecular weight is 294 g/mol. The molecule has 0 bridgehead atoms. The molecular formula is C18H18N2S. The molecule has 0 aliphatic rings. The number of pyridine rings is 1. The highest BCUT2D eigenvalue weighted by atomic mass is 32.1. The molecule has 2 aromatic heterocycles. The highest BCUT2D eigenvalue weighted by Gasteiger charge is 2.10. The van der Waals surface area contributed by atoms with Crippen LogP contribution in [-0.4, -0.2) is 12.0 Å². The number of rotatable bonds is 5. The molecule has 0 saturated heterocycles. The third-order valence-corrected chi connectivity index (χ3v) is 4.55. The van der Waals surface area contributed by atoms with Gasteiger partial charge in [0.2, 0.25) is 0 Å². The van der Waals surface area contributed by atoms with Crippen molar-refractivity contribution in [2.45, 2.75) is 12.5 Å². The lowest BCUT2D eigenvalue weighted by molar-refractivity contribution is 0.590. The summed E-state index contributed by atoms with van der Waals surface area (Å²) in [7, 11) is 2.00. The predicted octanol–water partition coefficient (Wildman–Crippen LogP) is 4.31. The van der Waals surface area contributed by atoms with E-state index >= 15 is 0 Å². The van der Waals surface area contributed by atoms with Gasteiger partial charge in [0.05, 0.1) is 0 Å². The zero-order valence-corrected chi connectivity index (χ0v) is 12.8. The third-order valence-electron chi connectivity index (χ3n) is 3.63. The zero-order valence-electron chi connectivity index (χ0n) is 12.0. The fourth-order valence-corrected chi connectivity index (χ4v) is 3.19. The van der Waals surface area contributed by atoms with Crippen molar-refractivity contribution in [3.05, 3.63) is 77.4 Å². The highest BCUT2D eigenvalue weighted by Crippen LogP contribution is 2.26. The molecule has 0 fully saturated rings. The first-order valence-corrected chi connectivity index (χ1v) is 7.95. The molecule has 2 nitrogen and oxygen atoms in total. The van der Waals surface area contributed by atoms with E-state index in [1.807, 2.05) is 25.5 Å². The minimum absolute atomic E-state index is 0.297. The molecular weight excluding hydrogens is 276 g/mol. The second kappa shape index (κ2) is 6.66. The Bertz CT molecular complexity index is 660. The number of aromatic nitrogens is 1. The molecule has 0 saturated carbocycles. The summed E-state index contributed by atoms with van der Waals surface area (Å²) >= 11 is 1.78. The molecule has 3 aromatic rings. The number of hydrogen-bond acceptors (Lipinski definition) is 3. The summed E-state index contributed by atoms with van der Waals surface area (Å²) in [5, 5.41) is 5.48. The summed E-state index contributed by atoms with van der Waals surface area (Å²) in [5.74, 6) is 0. The van der Waals surface area contributed by atoms with Gasteiger partial charge in [-0.3, -0.25) is 4.98 Å². The van der Waals surface area contributed by atoms with Gasteiger partial charge in [-0.1, -0.05) is 36.4 Å². The lowest BCUT2D eigenvalue weighted by Gasteiger charge is -2.16. The van der Waals surface area contributed by atoms with Crippen molar-refractivity contribution in [1.82, 2.24) is 10.3 Å². The summed E-state index contributed by atoms with van der Waals surface area (Å²) in [4.78, 5) is 5.52. The van der Waals surface area contributed by atoms with Crippen LogP contribution in [0.25, 0.3) is 10.4 Å². The van der Waals surface area contributed by atoms with E-state index in [1.54, 1.807) is 11.3 Å². The summed E-state index contributed by atoms with van der Waals surface area (Å²) in [6.45, 7) is 0. The fourth-order valence-electron chi connectivity index (χ4n) is 2.45. The smallest absolute Gasteiger partial charge is 0.0373 e. The highest BCUT2D eigenvalue weighted by molar-refractivity contribution is 7.13. The van der Waals surface area contributed by atoms with Crippen LogP contribution in [0.1, 0.15) is 17.2 Å². The minimum Gasteiger partial charge on any atom is -0.313 e. The zero-order chi connectivity index (χ0) is 14.5. The Balaban J connectivity index is 1.75. The van der Waals surface area contributed by atoms with Crippen LogP contribution in [0, 0.1) is 0 Å². The molecule has 2 heterocycles. The molecule has 0 amide bonds. The Kier molecular flexibility index (Phi) is 4.43. The molecule has 0 aliphatic heterocycles. The van der Waals surface area contributed by atoms with Gasteiger partial charge in [-0.15, -0.1) is 11.3 Å². The van der Waals surface area contributed by atoms with Crippen molar-refractivity contribution < 1.29 is 0 Å². The quantitative estimate of drug-likeness (QED) is 0.758. The Labute approximate surface area is 129 Å². The van der Waals surface area contributed by atoms with Gasteiger partial charge >= 0.3 is 0 Å². The Morgan fingerprint density at radius 1 is 1.10 bits per heavy atom. The van der Waals surface area contributed by atoms with E-state index in [0.29, 0.717) is 6.04 Å². The number of nitrogens with one attached hydrogen (secondary N) is 1. The number of thiophene rings is 1. The van der Waals surface area contributed by atoms with Crippen molar-refractivity contribution in [2.24, 2.45) is 0 Å². The summed E-state index contributed by atoms with van der Waals surface area (Å²) in [6, 6.07) is 17.5. The second-order valence-electron chi connectivity index (χ2n) is 5.01.